The standard InChI is InChI=1S/C20H23NO4/c1-13-8-10-17(11-9-13)25-16(4)20(23)24-12-19(22)21-18-7-5-6-14(2)15(18)3/h5-11,16H,12H2,1-4H3,(H,21,22). The molecule has 0 saturated heterocycles. The summed E-state index contributed by atoms with van der Waals surface area (Å²) in [5.41, 5.74) is 3.88. The van der Waals surface area contributed by atoms with Gasteiger partial charge in [0.25, 0.3) is 5.91 Å². The number of esters is 1. The van der Waals surface area contributed by atoms with Crippen molar-refractivity contribution in [1.82, 2.24) is 0 Å². The van der Waals surface area contributed by atoms with Crippen LogP contribution in [0.3, 0.4) is 0 Å². The molecular weight excluding hydrogens is 318 g/mol. The third kappa shape index (κ3) is 5.35. The second-order valence-corrected chi connectivity index (χ2v) is 5.98. The van der Waals surface area contributed by atoms with Crippen LogP contribution in [0.25, 0.3) is 0 Å². The van der Waals surface area contributed by atoms with Crippen LogP contribution in [0, 0.1) is 20.8 Å². The molecule has 25 heavy (non-hydrogen) atoms. The van der Waals surface area contributed by atoms with E-state index in [1.54, 1.807) is 19.1 Å². The first kappa shape index (κ1) is 18.5. The maximum Gasteiger partial charge on any atom is 0.347 e. The normalized spacial score (nSPS) is 11.5. The molecule has 0 radical (unpaired) electrons. The topological polar surface area (TPSA) is 64.6 Å². The predicted molar refractivity (Wildman–Crippen MR) is 96.8 cm³/mol. The number of rotatable bonds is 6. The fraction of sp³-hybridized carbons (Fsp3) is 0.300. The Kier molecular flexibility index (Phi) is 6.17. The van der Waals surface area contributed by atoms with Gasteiger partial charge in [-0.1, -0.05) is 29.8 Å². The third-order valence-electron chi connectivity index (χ3n) is 3.89. The van der Waals surface area contributed by atoms with Crippen LogP contribution < -0.4 is 10.1 Å². The van der Waals surface area contributed by atoms with Crippen molar-refractivity contribution in [3.63, 3.8) is 0 Å². The molecule has 0 bridgehead atoms. The lowest BCUT2D eigenvalue weighted by Crippen LogP contribution is -2.29. The Morgan fingerprint density at radius 3 is 2.40 bits per heavy atom. The lowest BCUT2D eigenvalue weighted by atomic mass is 10.1. The van der Waals surface area contributed by atoms with Crippen LogP contribution in [0.1, 0.15) is 23.6 Å². The number of hydrogen-bond acceptors (Lipinski definition) is 4. The van der Waals surface area contributed by atoms with E-state index >= 15 is 0 Å². The summed E-state index contributed by atoms with van der Waals surface area (Å²) in [5, 5.41) is 2.74. The number of aryl methyl sites for hydroxylation is 2. The molecule has 5 heteroatoms. The van der Waals surface area contributed by atoms with Gasteiger partial charge in [-0.05, 0) is 57.0 Å². The minimum Gasteiger partial charge on any atom is -0.479 e. The van der Waals surface area contributed by atoms with Crippen molar-refractivity contribution >= 4 is 17.6 Å². The summed E-state index contributed by atoms with van der Waals surface area (Å²) in [6.07, 6.45) is -0.795. The largest absolute Gasteiger partial charge is 0.479 e. The van der Waals surface area contributed by atoms with Gasteiger partial charge in [0.1, 0.15) is 5.75 Å². The van der Waals surface area contributed by atoms with Crippen LogP contribution in [-0.2, 0) is 14.3 Å². The molecule has 0 fully saturated rings. The van der Waals surface area contributed by atoms with Gasteiger partial charge in [0, 0.05) is 5.69 Å². The van der Waals surface area contributed by atoms with Gasteiger partial charge in [0.15, 0.2) is 12.7 Å². The van der Waals surface area contributed by atoms with E-state index in [-0.39, 0.29) is 12.5 Å². The zero-order valence-corrected chi connectivity index (χ0v) is 15.0. The van der Waals surface area contributed by atoms with Crippen molar-refractivity contribution in [1.29, 1.82) is 0 Å². The minimum atomic E-state index is -0.795. The zero-order chi connectivity index (χ0) is 18.4. The molecule has 0 aliphatic carbocycles. The van der Waals surface area contributed by atoms with E-state index in [1.165, 1.54) is 0 Å². The number of hydrogen-bond donors (Lipinski definition) is 1. The second-order valence-electron chi connectivity index (χ2n) is 5.98. The van der Waals surface area contributed by atoms with E-state index in [2.05, 4.69) is 5.32 Å². The van der Waals surface area contributed by atoms with Gasteiger partial charge in [0.05, 0.1) is 0 Å². The molecule has 1 amide bonds. The Balaban J connectivity index is 1.83. The van der Waals surface area contributed by atoms with Gasteiger partial charge < -0.3 is 14.8 Å². The molecule has 5 nitrogen and oxygen atoms in total. The lowest BCUT2D eigenvalue weighted by Gasteiger charge is -2.14. The first-order valence-corrected chi connectivity index (χ1v) is 8.13. The molecule has 0 spiro atoms. The molecule has 132 valence electrons. The Bertz CT molecular complexity index is 753. The van der Waals surface area contributed by atoms with Crippen molar-refractivity contribution in [3.8, 4) is 5.75 Å². The highest BCUT2D eigenvalue weighted by Gasteiger charge is 2.18. The molecular formula is C20H23NO4. The van der Waals surface area contributed by atoms with Gasteiger partial charge in [-0.3, -0.25) is 4.79 Å². The predicted octanol–water partition coefficient (Wildman–Crippen LogP) is 3.56. The van der Waals surface area contributed by atoms with Gasteiger partial charge in [-0.15, -0.1) is 0 Å². The summed E-state index contributed by atoms with van der Waals surface area (Å²) in [7, 11) is 0. The van der Waals surface area contributed by atoms with Crippen LogP contribution in [0.4, 0.5) is 5.69 Å². The van der Waals surface area contributed by atoms with Crippen molar-refractivity contribution in [2.24, 2.45) is 0 Å². The van der Waals surface area contributed by atoms with E-state index in [0.29, 0.717) is 11.4 Å². The van der Waals surface area contributed by atoms with Crippen LogP contribution in [-0.4, -0.2) is 24.6 Å². The smallest absolute Gasteiger partial charge is 0.347 e. The fourth-order valence-electron chi connectivity index (χ4n) is 2.20. The van der Waals surface area contributed by atoms with E-state index < -0.39 is 12.1 Å². The summed E-state index contributed by atoms with van der Waals surface area (Å²) in [6, 6.07) is 13.0. The SMILES string of the molecule is Cc1ccc(OC(C)C(=O)OCC(=O)Nc2cccc(C)c2C)cc1. The Hall–Kier alpha value is -2.82. The highest BCUT2D eigenvalue weighted by Crippen LogP contribution is 2.18. The monoisotopic (exact) mass is 341 g/mol. The Labute approximate surface area is 148 Å². The number of benzene rings is 2. The first-order chi connectivity index (χ1) is 11.9. The highest BCUT2D eigenvalue weighted by atomic mass is 16.6. The van der Waals surface area contributed by atoms with Gasteiger partial charge in [0.2, 0.25) is 0 Å². The van der Waals surface area contributed by atoms with Crippen LogP contribution >= 0.6 is 0 Å². The molecule has 0 aliphatic heterocycles. The van der Waals surface area contributed by atoms with Crippen molar-refractivity contribution < 1.29 is 19.1 Å². The van der Waals surface area contributed by atoms with Crippen LogP contribution in [0.2, 0.25) is 0 Å². The van der Waals surface area contributed by atoms with Crippen molar-refractivity contribution in [2.45, 2.75) is 33.8 Å². The summed E-state index contributed by atoms with van der Waals surface area (Å²) >= 11 is 0. The summed E-state index contributed by atoms with van der Waals surface area (Å²) < 4.78 is 10.5. The number of ether oxygens (including phenoxy) is 2. The highest BCUT2D eigenvalue weighted by molar-refractivity contribution is 5.93. The van der Waals surface area contributed by atoms with E-state index in [1.807, 2.05) is 51.1 Å². The molecule has 0 aromatic heterocycles. The molecule has 0 heterocycles. The molecule has 0 aliphatic rings. The van der Waals surface area contributed by atoms with Gasteiger partial charge >= 0.3 is 5.97 Å². The molecule has 2 rings (SSSR count). The zero-order valence-electron chi connectivity index (χ0n) is 15.0. The second kappa shape index (κ2) is 8.33. The van der Waals surface area contributed by atoms with E-state index in [4.69, 9.17) is 9.47 Å². The Morgan fingerprint density at radius 1 is 1.04 bits per heavy atom. The van der Waals surface area contributed by atoms with Crippen molar-refractivity contribution in [2.75, 3.05) is 11.9 Å². The third-order valence-corrected chi connectivity index (χ3v) is 3.89. The molecule has 2 aromatic carbocycles. The lowest BCUT2D eigenvalue weighted by molar-refractivity contribution is -0.153. The maximum atomic E-state index is 12.0. The number of carbonyl (C=O) groups excluding carboxylic acids is 2. The summed E-state index contributed by atoms with van der Waals surface area (Å²) in [5.74, 6) is -0.392. The molecule has 1 N–H and O–H groups in total. The van der Waals surface area contributed by atoms with E-state index in [0.717, 1.165) is 16.7 Å². The summed E-state index contributed by atoms with van der Waals surface area (Å²) in [4.78, 5) is 23.9. The number of anilines is 1. The minimum absolute atomic E-state index is 0.353. The average Bonchev–Trinajstić information content (AvgIpc) is 2.59. The maximum absolute atomic E-state index is 12.0. The number of nitrogens with one attached hydrogen (secondary N) is 1. The number of amides is 1. The molecule has 0 saturated carbocycles. The van der Waals surface area contributed by atoms with Gasteiger partial charge in [-0.2, -0.15) is 0 Å². The first-order valence-electron chi connectivity index (χ1n) is 8.13. The molecule has 1 unspecified atom stereocenters. The average molecular weight is 341 g/mol. The number of carbonyl (C=O) groups is 2. The Morgan fingerprint density at radius 2 is 1.72 bits per heavy atom. The van der Waals surface area contributed by atoms with Crippen molar-refractivity contribution in [3.05, 3.63) is 59.2 Å². The molecule has 2 aromatic rings. The molecule has 1 atom stereocenters. The van der Waals surface area contributed by atoms with Crippen LogP contribution in [0.5, 0.6) is 5.75 Å². The van der Waals surface area contributed by atoms with Gasteiger partial charge in [-0.25, -0.2) is 4.79 Å². The summed E-state index contributed by atoms with van der Waals surface area (Å²) in [6.45, 7) is 7.10. The quantitative estimate of drug-likeness (QED) is 0.816. The van der Waals surface area contributed by atoms with Crippen LogP contribution in [0.15, 0.2) is 42.5 Å². The van der Waals surface area contributed by atoms with E-state index in [9.17, 15) is 9.59 Å². The fourth-order valence-corrected chi connectivity index (χ4v) is 2.20.